The van der Waals surface area contributed by atoms with E-state index in [0.717, 1.165) is 0 Å². The molecular weight excluding hydrogens is 199 g/mol. The van der Waals surface area contributed by atoms with Gasteiger partial charge in [-0.1, -0.05) is 6.58 Å². The first-order valence-corrected chi connectivity index (χ1v) is 4.69. The lowest BCUT2D eigenvalue weighted by atomic mass is 10.4. The van der Waals surface area contributed by atoms with Gasteiger partial charge < -0.3 is 9.32 Å². The third-order valence-corrected chi connectivity index (χ3v) is 1.72. The van der Waals surface area contributed by atoms with Gasteiger partial charge in [-0.2, -0.15) is 0 Å². The lowest BCUT2D eigenvalue weighted by Crippen LogP contribution is -2.05. The van der Waals surface area contributed by atoms with E-state index in [1.54, 1.807) is 0 Å². The van der Waals surface area contributed by atoms with Crippen LogP contribution in [0.25, 0.3) is 0 Å². The third kappa shape index (κ3) is 5.30. The molecule has 0 spiro atoms. The molecule has 6 nitrogen and oxygen atoms in total. The summed E-state index contributed by atoms with van der Waals surface area (Å²) < 4.78 is 18.8. The van der Waals surface area contributed by atoms with E-state index in [-0.39, 0.29) is 11.9 Å². The molecule has 0 aromatic carbocycles. The standard InChI is InChI=1S/C6H9O6P/c1-5(2)6(8)12-13(9,10)11-4-3-7/h3H,1,4H2,2H3,(H,9,10). The maximum atomic E-state index is 10.8. The van der Waals surface area contributed by atoms with Crippen LogP contribution in [-0.4, -0.2) is 23.8 Å². The fourth-order valence-corrected chi connectivity index (χ4v) is 1.00. The van der Waals surface area contributed by atoms with E-state index < -0.39 is 20.4 Å². The number of hydrogen-bond donors (Lipinski definition) is 1. The molecule has 0 saturated heterocycles. The molecule has 0 aromatic rings. The van der Waals surface area contributed by atoms with Crippen LogP contribution in [0, 0.1) is 0 Å². The Balaban J connectivity index is 4.17. The molecule has 0 amide bonds. The van der Waals surface area contributed by atoms with Crippen LogP contribution in [0.4, 0.5) is 0 Å². The predicted octanol–water partition coefficient (Wildman–Crippen LogP) is 0.422. The van der Waals surface area contributed by atoms with Gasteiger partial charge in [-0.25, -0.2) is 9.36 Å². The minimum atomic E-state index is -4.46. The van der Waals surface area contributed by atoms with Gasteiger partial charge in [0.1, 0.15) is 12.9 Å². The van der Waals surface area contributed by atoms with Crippen molar-refractivity contribution in [1.29, 1.82) is 0 Å². The highest BCUT2D eigenvalue weighted by molar-refractivity contribution is 7.48. The van der Waals surface area contributed by atoms with Crippen LogP contribution in [0.15, 0.2) is 12.2 Å². The van der Waals surface area contributed by atoms with E-state index in [1.807, 2.05) is 0 Å². The molecule has 1 atom stereocenters. The maximum Gasteiger partial charge on any atom is 0.530 e. The molecule has 13 heavy (non-hydrogen) atoms. The van der Waals surface area contributed by atoms with E-state index in [4.69, 9.17) is 4.89 Å². The first-order valence-electron chi connectivity index (χ1n) is 3.19. The number of carbonyl (C=O) groups is 2. The van der Waals surface area contributed by atoms with E-state index >= 15 is 0 Å². The van der Waals surface area contributed by atoms with Gasteiger partial charge in [0.05, 0.1) is 0 Å². The largest absolute Gasteiger partial charge is 0.530 e. The van der Waals surface area contributed by atoms with E-state index in [2.05, 4.69) is 15.6 Å². The van der Waals surface area contributed by atoms with E-state index in [0.29, 0.717) is 0 Å². The van der Waals surface area contributed by atoms with Gasteiger partial charge in [-0.05, 0) is 6.92 Å². The smallest absolute Gasteiger partial charge is 0.367 e. The lowest BCUT2D eigenvalue weighted by molar-refractivity contribution is -0.132. The normalized spacial score (nSPS) is 14.3. The zero-order valence-electron chi connectivity index (χ0n) is 6.93. The molecule has 0 aliphatic rings. The average Bonchev–Trinajstić information content (AvgIpc) is 2.00. The molecular formula is C6H9O6P. The fraction of sp³-hybridized carbons (Fsp3) is 0.333. The molecule has 74 valence electrons. The summed E-state index contributed by atoms with van der Waals surface area (Å²) in [6.07, 6.45) is 0.261. The van der Waals surface area contributed by atoms with Crippen LogP contribution in [0.2, 0.25) is 0 Å². The van der Waals surface area contributed by atoms with Crippen LogP contribution in [0.5, 0.6) is 0 Å². The van der Waals surface area contributed by atoms with Crippen molar-refractivity contribution in [1.82, 2.24) is 0 Å². The Morgan fingerprint density at radius 1 is 1.69 bits per heavy atom. The highest BCUT2D eigenvalue weighted by Gasteiger charge is 2.25. The van der Waals surface area contributed by atoms with Crippen molar-refractivity contribution in [2.45, 2.75) is 6.92 Å². The quantitative estimate of drug-likeness (QED) is 0.400. The molecule has 0 aromatic heterocycles. The van der Waals surface area contributed by atoms with Crippen LogP contribution in [-0.2, 0) is 23.2 Å². The number of carbonyl (C=O) groups excluding carboxylic acids is 2. The summed E-state index contributed by atoms with van der Waals surface area (Å²) in [5.41, 5.74) is -0.0380. The Hall–Kier alpha value is -0.970. The number of hydrogen-bond acceptors (Lipinski definition) is 5. The first-order chi connectivity index (χ1) is 5.89. The molecule has 0 heterocycles. The molecule has 0 fully saturated rings. The summed E-state index contributed by atoms with van der Waals surface area (Å²) in [7, 11) is -4.46. The van der Waals surface area contributed by atoms with Gasteiger partial charge in [0.2, 0.25) is 0 Å². The van der Waals surface area contributed by atoms with Crippen molar-refractivity contribution >= 4 is 20.1 Å². The molecule has 1 N–H and O–H groups in total. The summed E-state index contributed by atoms with van der Waals surface area (Å²) in [6.45, 7) is 3.88. The lowest BCUT2D eigenvalue weighted by Gasteiger charge is -2.09. The Morgan fingerprint density at radius 3 is 2.62 bits per heavy atom. The summed E-state index contributed by atoms with van der Waals surface area (Å²) >= 11 is 0. The SMILES string of the molecule is C=C(C)C(=O)OP(=O)(O)OCC=O. The van der Waals surface area contributed by atoms with Gasteiger partial charge in [0.15, 0.2) is 0 Å². The van der Waals surface area contributed by atoms with Crippen LogP contribution < -0.4 is 0 Å². The van der Waals surface area contributed by atoms with Crippen molar-refractivity contribution in [3.63, 3.8) is 0 Å². The second-order valence-electron chi connectivity index (χ2n) is 2.09. The Labute approximate surface area is 74.8 Å². The minimum absolute atomic E-state index is 0.0380. The molecule has 0 saturated carbocycles. The number of aldehydes is 1. The summed E-state index contributed by atoms with van der Waals surface area (Å²) in [4.78, 5) is 29.2. The molecule has 7 heteroatoms. The molecule has 0 radical (unpaired) electrons. The van der Waals surface area contributed by atoms with Gasteiger partial charge in [-0.3, -0.25) is 9.42 Å². The zero-order valence-corrected chi connectivity index (χ0v) is 7.82. The van der Waals surface area contributed by atoms with Crippen LogP contribution in [0.3, 0.4) is 0 Å². The number of rotatable bonds is 5. The van der Waals surface area contributed by atoms with Crippen molar-refractivity contribution in [2.75, 3.05) is 6.61 Å². The number of phosphoric acid groups is 1. The monoisotopic (exact) mass is 208 g/mol. The van der Waals surface area contributed by atoms with Crippen molar-refractivity contribution in [2.24, 2.45) is 0 Å². The minimum Gasteiger partial charge on any atom is -0.367 e. The van der Waals surface area contributed by atoms with E-state index in [1.165, 1.54) is 6.92 Å². The van der Waals surface area contributed by atoms with Gasteiger partial charge in [-0.15, -0.1) is 0 Å². The van der Waals surface area contributed by atoms with Crippen molar-refractivity contribution < 1.29 is 28.1 Å². The molecule has 0 aliphatic heterocycles. The highest BCUT2D eigenvalue weighted by atomic mass is 31.2. The average molecular weight is 208 g/mol. The molecule has 0 bridgehead atoms. The highest BCUT2D eigenvalue weighted by Crippen LogP contribution is 2.43. The molecule has 0 rings (SSSR count). The summed E-state index contributed by atoms with van der Waals surface area (Å²) in [6, 6.07) is 0. The summed E-state index contributed by atoms with van der Waals surface area (Å²) in [5.74, 6) is -1.04. The number of phosphoric ester groups is 1. The van der Waals surface area contributed by atoms with Crippen LogP contribution in [0.1, 0.15) is 6.92 Å². The second kappa shape index (κ2) is 4.91. The van der Waals surface area contributed by atoms with Crippen LogP contribution >= 0.6 is 7.82 Å². The van der Waals surface area contributed by atoms with E-state index in [9.17, 15) is 14.2 Å². The molecule has 1 unspecified atom stereocenters. The maximum absolute atomic E-state index is 10.8. The Bertz CT molecular complexity index is 270. The summed E-state index contributed by atoms with van der Waals surface area (Å²) in [5, 5.41) is 0. The zero-order chi connectivity index (χ0) is 10.5. The molecule has 0 aliphatic carbocycles. The second-order valence-corrected chi connectivity index (χ2v) is 3.47. The Kier molecular flexibility index (Phi) is 4.55. The third-order valence-electron chi connectivity index (χ3n) is 0.852. The topological polar surface area (TPSA) is 89.9 Å². The van der Waals surface area contributed by atoms with Gasteiger partial charge in [0, 0.05) is 5.57 Å². The first kappa shape index (κ1) is 12.0. The van der Waals surface area contributed by atoms with Gasteiger partial charge >= 0.3 is 13.8 Å². The fourth-order valence-electron chi connectivity index (χ4n) is 0.334. The van der Waals surface area contributed by atoms with Crippen molar-refractivity contribution in [3.05, 3.63) is 12.2 Å². The predicted molar refractivity (Wildman–Crippen MR) is 42.7 cm³/mol. The van der Waals surface area contributed by atoms with Crippen molar-refractivity contribution in [3.8, 4) is 0 Å². The Morgan fingerprint density at radius 2 is 2.23 bits per heavy atom. The van der Waals surface area contributed by atoms with Gasteiger partial charge in [0.25, 0.3) is 0 Å².